The number of allylic oxidation sites excluding steroid dienone is 1. The number of methoxy groups -OCH3 is 1. The minimum atomic E-state index is -3.84. The molecule has 25 heavy (non-hydrogen) atoms. The van der Waals surface area contributed by atoms with Crippen LogP contribution in [0.4, 0.5) is 0 Å². The Bertz CT molecular complexity index is 614. The van der Waals surface area contributed by atoms with Gasteiger partial charge in [-0.3, -0.25) is 9.05 Å². The van der Waals surface area contributed by atoms with Crippen LogP contribution in [0.2, 0.25) is 0 Å². The molecule has 2 atom stereocenters. The first kappa shape index (κ1) is 19.7. The number of hydrogen-bond acceptors (Lipinski definition) is 8. The van der Waals surface area contributed by atoms with Gasteiger partial charge in [0.1, 0.15) is 11.9 Å². The molecule has 0 saturated heterocycles. The van der Waals surface area contributed by atoms with Crippen LogP contribution >= 0.6 is 7.82 Å². The molecule has 1 aliphatic carbocycles. The molecule has 0 aromatic heterocycles. The Balaban J connectivity index is 2.36. The maximum atomic E-state index is 12.7. The highest BCUT2D eigenvalue weighted by Crippen LogP contribution is 2.53. The van der Waals surface area contributed by atoms with Gasteiger partial charge in [-0.05, 0) is 32.8 Å². The van der Waals surface area contributed by atoms with Gasteiger partial charge in [-0.1, -0.05) is 0 Å². The second-order valence-corrected chi connectivity index (χ2v) is 7.06. The molecule has 0 amide bonds. The summed E-state index contributed by atoms with van der Waals surface area (Å²) in [5, 5.41) is 0. The fourth-order valence-corrected chi connectivity index (χ4v) is 4.18. The molecule has 0 radical (unpaired) electrons. The van der Waals surface area contributed by atoms with Crippen LogP contribution in [-0.2, 0) is 37.2 Å². The summed E-state index contributed by atoms with van der Waals surface area (Å²) in [7, 11) is -2.59. The van der Waals surface area contributed by atoms with Gasteiger partial charge in [0.05, 0.1) is 25.9 Å². The van der Waals surface area contributed by atoms with E-state index in [1.54, 1.807) is 19.9 Å². The third-order valence-electron chi connectivity index (χ3n) is 3.86. The molecule has 1 heterocycles. The average Bonchev–Trinajstić information content (AvgIpc) is 3.00. The number of phosphoric acid groups is 1. The minimum absolute atomic E-state index is 0.129. The Labute approximate surface area is 146 Å². The molecule has 9 heteroatoms. The molecule has 0 bridgehead atoms. The van der Waals surface area contributed by atoms with Crippen LogP contribution in [0.15, 0.2) is 23.5 Å². The van der Waals surface area contributed by atoms with E-state index >= 15 is 0 Å². The van der Waals surface area contributed by atoms with Gasteiger partial charge in [-0.15, -0.1) is 0 Å². The van der Waals surface area contributed by atoms with Crippen molar-refractivity contribution >= 4 is 19.8 Å². The molecule has 2 aliphatic rings. The quantitative estimate of drug-likeness (QED) is 0.473. The van der Waals surface area contributed by atoms with Crippen molar-refractivity contribution in [3.63, 3.8) is 0 Å². The van der Waals surface area contributed by atoms with E-state index in [2.05, 4.69) is 0 Å². The van der Waals surface area contributed by atoms with Gasteiger partial charge in [0.25, 0.3) is 0 Å². The number of phosphoric ester groups is 1. The second kappa shape index (κ2) is 8.65. The standard InChI is InChI=1S/C16H23O8P/c1-4-21-25(19,22-5-2)24-13-8-6-7-11(15(13)16(18)20-3)12-9-10-14(17)23-12/h9-12H,4-8H2,1-3H3. The second-order valence-electron chi connectivity index (χ2n) is 5.46. The molecule has 8 nitrogen and oxygen atoms in total. The van der Waals surface area contributed by atoms with Gasteiger partial charge >= 0.3 is 19.8 Å². The summed E-state index contributed by atoms with van der Waals surface area (Å²) in [5.74, 6) is -1.31. The number of rotatable bonds is 8. The van der Waals surface area contributed by atoms with Crippen LogP contribution in [0.5, 0.6) is 0 Å². The third kappa shape index (κ3) is 4.71. The number of cyclic esters (lactones) is 1. The van der Waals surface area contributed by atoms with Crippen molar-refractivity contribution in [1.29, 1.82) is 0 Å². The molecule has 0 spiro atoms. The Morgan fingerprint density at radius 2 is 2.00 bits per heavy atom. The van der Waals surface area contributed by atoms with E-state index in [4.69, 9.17) is 23.0 Å². The van der Waals surface area contributed by atoms with E-state index < -0.39 is 31.8 Å². The van der Waals surface area contributed by atoms with Crippen molar-refractivity contribution in [3.8, 4) is 0 Å². The predicted molar refractivity (Wildman–Crippen MR) is 87.3 cm³/mol. The zero-order valence-electron chi connectivity index (χ0n) is 14.6. The van der Waals surface area contributed by atoms with Crippen LogP contribution < -0.4 is 0 Å². The smallest absolute Gasteiger partial charge is 0.466 e. The maximum Gasteiger partial charge on any atom is 0.529 e. The van der Waals surface area contributed by atoms with Crippen LogP contribution in [0.1, 0.15) is 33.1 Å². The lowest BCUT2D eigenvalue weighted by Gasteiger charge is -2.30. The molecule has 0 saturated carbocycles. The van der Waals surface area contributed by atoms with E-state index in [9.17, 15) is 14.2 Å². The van der Waals surface area contributed by atoms with E-state index in [1.165, 1.54) is 13.2 Å². The third-order valence-corrected chi connectivity index (χ3v) is 5.46. The van der Waals surface area contributed by atoms with Gasteiger partial charge in [0.15, 0.2) is 0 Å². The monoisotopic (exact) mass is 374 g/mol. The molecule has 0 fully saturated rings. The summed E-state index contributed by atoms with van der Waals surface area (Å²) in [5.41, 5.74) is 0.206. The van der Waals surface area contributed by atoms with Crippen molar-refractivity contribution in [2.75, 3.05) is 20.3 Å². The molecule has 2 rings (SSSR count). The zero-order chi connectivity index (χ0) is 18.4. The van der Waals surface area contributed by atoms with E-state index in [1.807, 2.05) is 0 Å². The largest absolute Gasteiger partial charge is 0.529 e. The first-order valence-corrected chi connectivity index (χ1v) is 9.69. The summed E-state index contributed by atoms with van der Waals surface area (Å²) in [6.07, 6.45) is 3.99. The van der Waals surface area contributed by atoms with Gasteiger partial charge in [0.2, 0.25) is 0 Å². The van der Waals surface area contributed by atoms with E-state index in [0.717, 1.165) is 0 Å². The fraction of sp³-hybridized carbons (Fsp3) is 0.625. The Morgan fingerprint density at radius 1 is 1.32 bits per heavy atom. The van der Waals surface area contributed by atoms with Crippen LogP contribution in [0.25, 0.3) is 0 Å². The fourth-order valence-electron chi connectivity index (χ4n) is 2.91. The molecule has 2 unspecified atom stereocenters. The molecule has 0 aromatic rings. The Hall–Kier alpha value is -1.63. The number of hydrogen-bond donors (Lipinski definition) is 0. The lowest BCUT2D eigenvalue weighted by atomic mass is 9.82. The molecule has 140 valence electrons. The number of carbonyl (C=O) groups excluding carboxylic acids is 2. The average molecular weight is 374 g/mol. The van der Waals surface area contributed by atoms with Crippen LogP contribution in [0.3, 0.4) is 0 Å². The lowest BCUT2D eigenvalue weighted by Crippen LogP contribution is -2.30. The van der Waals surface area contributed by atoms with E-state index in [-0.39, 0.29) is 24.5 Å². The van der Waals surface area contributed by atoms with Crippen molar-refractivity contribution in [3.05, 3.63) is 23.5 Å². The van der Waals surface area contributed by atoms with Crippen LogP contribution in [-0.4, -0.2) is 38.4 Å². The summed E-state index contributed by atoms with van der Waals surface area (Å²) in [6.45, 7) is 3.59. The first-order valence-electron chi connectivity index (χ1n) is 8.23. The lowest BCUT2D eigenvalue weighted by molar-refractivity contribution is -0.143. The summed E-state index contributed by atoms with van der Waals surface area (Å²) in [6, 6.07) is 0. The van der Waals surface area contributed by atoms with Crippen molar-refractivity contribution in [2.45, 2.75) is 39.2 Å². The molecular weight excluding hydrogens is 351 g/mol. The number of carbonyl (C=O) groups is 2. The number of ether oxygens (including phenoxy) is 2. The predicted octanol–water partition coefficient (Wildman–Crippen LogP) is 2.89. The minimum Gasteiger partial charge on any atom is -0.466 e. The Kier molecular flexibility index (Phi) is 6.81. The van der Waals surface area contributed by atoms with Gasteiger partial charge in [-0.25, -0.2) is 14.2 Å². The van der Waals surface area contributed by atoms with Crippen molar-refractivity contribution in [2.24, 2.45) is 5.92 Å². The van der Waals surface area contributed by atoms with E-state index in [0.29, 0.717) is 19.3 Å². The van der Waals surface area contributed by atoms with Gasteiger partial charge < -0.3 is 14.0 Å². The Morgan fingerprint density at radius 3 is 2.52 bits per heavy atom. The highest BCUT2D eigenvalue weighted by molar-refractivity contribution is 7.48. The summed E-state index contributed by atoms with van der Waals surface area (Å²) >= 11 is 0. The zero-order valence-corrected chi connectivity index (χ0v) is 15.5. The maximum absolute atomic E-state index is 12.7. The highest BCUT2D eigenvalue weighted by atomic mass is 31.2. The SMILES string of the molecule is CCOP(=O)(OCC)OC1=C(C(=O)OC)C(C2C=CC(=O)O2)CCC1. The highest BCUT2D eigenvalue weighted by Gasteiger charge is 2.40. The first-order chi connectivity index (χ1) is 11.9. The topological polar surface area (TPSA) is 97.4 Å². The summed E-state index contributed by atoms with van der Waals surface area (Å²) in [4.78, 5) is 23.7. The van der Waals surface area contributed by atoms with Gasteiger partial charge in [-0.2, -0.15) is 0 Å². The van der Waals surface area contributed by atoms with Crippen molar-refractivity contribution in [1.82, 2.24) is 0 Å². The molecule has 0 N–H and O–H groups in total. The number of esters is 2. The van der Waals surface area contributed by atoms with Crippen LogP contribution in [0, 0.1) is 5.92 Å². The molecule has 1 aliphatic heterocycles. The molecule has 0 aromatic carbocycles. The normalized spacial score (nSPS) is 23.6. The summed E-state index contributed by atoms with van der Waals surface area (Å²) < 4.78 is 38.6. The van der Waals surface area contributed by atoms with Gasteiger partial charge in [0, 0.05) is 18.4 Å². The van der Waals surface area contributed by atoms with Crippen molar-refractivity contribution < 1.29 is 37.2 Å². The molecular formula is C16H23O8P.